The Kier molecular flexibility index (Phi) is 2.75. The van der Waals surface area contributed by atoms with Crippen molar-refractivity contribution in [3.63, 3.8) is 0 Å². The van der Waals surface area contributed by atoms with E-state index in [0.29, 0.717) is 11.3 Å². The SMILES string of the molecule is O=C1OC(=Cc2ccc(O)c(O)c2)[C@H]2C=CC=C(O)[C@@H]12. The smallest absolute Gasteiger partial charge is 0.322 e. The molecule has 5 heteroatoms. The van der Waals surface area contributed by atoms with Crippen molar-refractivity contribution in [2.45, 2.75) is 0 Å². The Morgan fingerprint density at radius 3 is 2.70 bits per heavy atom. The lowest BCUT2D eigenvalue weighted by atomic mass is 9.87. The Hall–Kier alpha value is -2.69. The number of carbonyl (C=O) groups excluding carboxylic acids is 1. The average molecular weight is 272 g/mol. The van der Waals surface area contributed by atoms with Crippen LogP contribution in [0.15, 0.2) is 47.9 Å². The van der Waals surface area contributed by atoms with Gasteiger partial charge < -0.3 is 20.1 Å². The third kappa shape index (κ3) is 1.93. The summed E-state index contributed by atoms with van der Waals surface area (Å²) in [4.78, 5) is 11.8. The van der Waals surface area contributed by atoms with E-state index in [1.165, 1.54) is 18.2 Å². The quantitative estimate of drug-likeness (QED) is 0.539. The molecule has 0 amide bonds. The summed E-state index contributed by atoms with van der Waals surface area (Å²) in [7, 11) is 0. The Morgan fingerprint density at radius 2 is 1.95 bits per heavy atom. The van der Waals surface area contributed by atoms with Crippen LogP contribution in [0.5, 0.6) is 11.5 Å². The predicted octanol–water partition coefficient (Wildman–Crippen LogP) is 2.24. The average Bonchev–Trinajstić information content (AvgIpc) is 2.72. The first-order valence-electron chi connectivity index (χ1n) is 6.09. The molecule has 1 saturated heterocycles. The van der Waals surface area contributed by atoms with Gasteiger partial charge in [0.2, 0.25) is 0 Å². The zero-order chi connectivity index (χ0) is 14.3. The van der Waals surface area contributed by atoms with E-state index in [9.17, 15) is 20.1 Å². The highest BCUT2D eigenvalue weighted by molar-refractivity contribution is 5.82. The van der Waals surface area contributed by atoms with Crippen LogP contribution in [0.25, 0.3) is 6.08 Å². The van der Waals surface area contributed by atoms with Gasteiger partial charge in [0, 0.05) is 0 Å². The molecule has 1 aromatic rings. The third-order valence-electron chi connectivity index (χ3n) is 3.37. The number of aromatic hydroxyl groups is 2. The van der Waals surface area contributed by atoms with Crippen molar-refractivity contribution in [2.75, 3.05) is 0 Å². The van der Waals surface area contributed by atoms with Crippen molar-refractivity contribution in [1.29, 1.82) is 0 Å². The highest BCUT2D eigenvalue weighted by Gasteiger charge is 2.43. The Bertz CT molecular complexity index is 669. The Labute approximate surface area is 114 Å². The van der Waals surface area contributed by atoms with Gasteiger partial charge in [-0.3, -0.25) is 4.79 Å². The number of hydrogen-bond donors (Lipinski definition) is 3. The van der Waals surface area contributed by atoms with Crippen LogP contribution >= 0.6 is 0 Å². The number of cyclic esters (lactones) is 1. The molecule has 2 aliphatic rings. The van der Waals surface area contributed by atoms with Gasteiger partial charge in [0.15, 0.2) is 11.5 Å². The lowest BCUT2D eigenvalue weighted by molar-refractivity contribution is -0.138. The Balaban J connectivity index is 1.97. The van der Waals surface area contributed by atoms with Gasteiger partial charge in [-0.1, -0.05) is 18.2 Å². The summed E-state index contributed by atoms with van der Waals surface area (Å²) in [6, 6.07) is 4.31. The maximum atomic E-state index is 11.8. The van der Waals surface area contributed by atoms with Crippen molar-refractivity contribution >= 4 is 12.0 Å². The number of aliphatic hydroxyl groups excluding tert-OH is 1. The van der Waals surface area contributed by atoms with Crippen LogP contribution in [-0.2, 0) is 9.53 Å². The number of carbonyl (C=O) groups is 1. The van der Waals surface area contributed by atoms with Gasteiger partial charge in [-0.25, -0.2) is 0 Å². The molecule has 5 nitrogen and oxygen atoms in total. The molecule has 20 heavy (non-hydrogen) atoms. The van der Waals surface area contributed by atoms with Gasteiger partial charge in [-0.15, -0.1) is 0 Å². The summed E-state index contributed by atoms with van der Waals surface area (Å²) in [6.07, 6.45) is 6.52. The van der Waals surface area contributed by atoms with Crippen molar-refractivity contribution in [2.24, 2.45) is 11.8 Å². The van der Waals surface area contributed by atoms with E-state index in [2.05, 4.69) is 0 Å². The lowest BCUT2D eigenvalue weighted by Crippen LogP contribution is -2.18. The van der Waals surface area contributed by atoms with Gasteiger partial charge in [0.25, 0.3) is 0 Å². The predicted molar refractivity (Wildman–Crippen MR) is 70.7 cm³/mol. The van der Waals surface area contributed by atoms with Crippen LogP contribution in [0.2, 0.25) is 0 Å². The molecule has 0 radical (unpaired) electrons. The number of rotatable bonds is 1. The fraction of sp³-hybridized carbons (Fsp3) is 0.133. The topological polar surface area (TPSA) is 87.0 Å². The molecule has 1 aliphatic carbocycles. The maximum Gasteiger partial charge on any atom is 0.322 e. The van der Waals surface area contributed by atoms with Gasteiger partial charge in [-0.2, -0.15) is 0 Å². The molecule has 1 heterocycles. The van der Waals surface area contributed by atoms with Gasteiger partial charge in [-0.05, 0) is 29.8 Å². The van der Waals surface area contributed by atoms with E-state index in [4.69, 9.17) is 4.74 Å². The van der Waals surface area contributed by atoms with E-state index in [1.807, 2.05) is 0 Å². The summed E-state index contributed by atoms with van der Waals surface area (Å²) in [5, 5.41) is 28.4. The van der Waals surface area contributed by atoms with Crippen LogP contribution in [0.1, 0.15) is 5.56 Å². The molecule has 0 saturated carbocycles. The monoisotopic (exact) mass is 272 g/mol. The number of phenols is 2. The van der Waals surface area contributed by atoms with Gasteiger partial charge in [0.05, 0.1) is 5.92 Å². The second kappa shape index (κ2) is 4.45. The standard InChI is InChI=1S/C15H12O5/c16-10-5-4-8(6-12(10)18)7-13-9-2-1-3-11(17)14(9)15(19)20-13/h1-7,9,14,16-18H/t9-,14+/m1/s1. The van der Waals surface area contributed by atoms with E-state index in [-0.39, 0.29) is 23.2 Å². The summed E-state index contributed by atoms with van der Waals surface area (Å²) in [5.74, 6) is -1.61. The zero-order valence-corrected chi connectivity index (χ0v) is 10.4. The zero-order valence-electron chi connectivity index (χ0n) is 10.4. The molecule has 1 aliphatic heterocycles. The highest BCUT2D eigenvalue weighted by atomic mass is 16.5. The first-order valence-corrected chi connectivity index (χ1v) is 6.09. The number of allylic oxidation sites excluding steroid dienone is 3. The van der Waals surface area contributed by atoms with Crippen LogP contribution in [0.4, 0.5) is 0 Å². The molecule has 2 atom stereocenters. The van der Waals surface area contributed by atoms with Crippen LogP contribution in [0.3, 0.4) is 0 Å². The second-order valence-corrected chi connectivity index (χ2v) is 4.70. The number of fused-ring (bicyclic) bond motifs is 1. The van der Waals surface area contributed by atoms with Crippen molar-refractivity contribution in [3.05, 3.63) is 53.5 Å². The Morgan fingerprint density at radius 1 is 1.15 bits per heavy atom. The molecule has 0 bridgehead atoms. The van der Waals surface area contributed by atoms with E-state index in [0.717, 1.165) is 0 Å². The largest absolute Gasteiger partial charge is 0.511 e. The highest BCUT2D eigenvalue weighted by Crippen LogP contribution is 2.40. The minimum absolute atomic E-state index is 0.0144. The first-order chi connectivity index (χ1) is 9.56. The number of hydrogen-bond acceptors (Lipinski definition) is 5. The summed E-state index contributed by atoms with van der Waals surface area (Å²) < 4.78 is 5.18. The normalized spacial score (nSPS) is 26.3. The first kappa shape index (κ1) is 12.3. The van der Waals surface area contributed by atoms with E-state index < -0.39 is 11.9 Å². The van der Waals surface area contributed by atoms with Crippen LogP contribution < -0.4 is 0 Å². The minimum atomic E-state index is -0.697. The molecule has 1 fully saturated rings. The fourth-order valence-corrected chi connectivity index (χ4v) is 2.37. The number of phenolic OH excluding ortho intramolecular Hbond substituents is 2. The molecular formula is C15H12O5. The summed E-state index contributed by atoms with van der Waals surface area (Å²) >= 11 is 0. The molecule has 3 N–H and O–H groups in total. The van der Waals surface area contributed by atoms with Gasteiger partial charge >= 0.3 is 5.97 Å². The number of esters is 1. The van der Waals surface area contributed by atoms with Crippen molar-refractivity contribution in [1.82, 2.24) is 0 Å². The molecule has 3 rings (SSSR count). The molecule has 0 spiro atoms. The number of benzene rings is 1. The summed E-state index contributed by atoms with van der Waals surface area (Å²) in [6.45, 7) is 0. The van der Waals surface area contributed by atoms with Gasteiger partial charge in [0.1, 0.15) is 17.4 Å². The van der Waals surface area contributed by atoms with Crippen molar-refractivity contribution in [3.8, 4) is 11.5 Å². The third-order valence-corrected chi connectivity index (χ3v) is 3.37. The van der Waals surface area contributed by atoms with E-state index in [1.54, 1.807) is 24.3 Å². The minimum Gasteiger partial charge on any atom is -0.511 e. The second-order valence-electron chi connectivity index (χ2n) is 4.70. The molecule has 102 valence electrons. The van der Waals surface area contributed by atoms with Crippen LogP contribution in [0, 0.1) is 11.8 Å². The maximum absolute atomic E-state index is 11.8. The lowest BCUT2D eigenvalue weighted by Gasteiger charge is -2.14. The molecular weight excluding hydrogens is 260 g/mol. The van der Waals surface area contributed by atoms with Crippen molar-refractivity contribution < 1.29 is 24.9 Å². The fourth-order valence-electron chi connectivity index (χ4n) is 2.37. The number of aliphatic hydroxyl groups is 1. The summed E-state index contributed by atoms with van der Waals surface area (Å²) in [5.41, 5.74) is 0.589. The van der Waals surface area contributed by atoms with E-state index >= 15 is 0 Å². The number of ether oxygens (including phenoxy) is 1. The van der Waals surface area contributed by atoms with Crippen LogP contribution in [-0.4, -0.2) is 21.3 Å². The molecule has 1 aromatic carbocycles. The molecule has 0 unspecified atom stereocenters. The molecule has 0 aromatic heterocycles.